The predicted octanol–water partition coefficient (Wildman–Crippen LogP) is 2.58. The number of aromatic nitrogens is 1. The first-order valence-electron chi connectivity index (χ1n) is 6.23. The third-order valence-corrected chi connectivity index (χ3v) is 3.18. The molecular weight excluding hydrogens is 254 g/mol. The number of nitriles is 1. The van der Waals surface area contributed by atoms with Crippen LogP contribution < -0.4 is 10.5 Å². The van der Waals surface area contributed by atoms with Crippen molar-refractivity contribution in [2.75, 3.05) is 0 Å². The molecule has 1 aromatic carbocycles. The summed E-state index contributed by atoms with van der Waals surface area (Å²) in [4.78, 5) is 10.8. The Kier molecular flexibility index (Phi) is 3.76. The lowest BCUT2D eigenvalue weighted by Gasteiger charge is -2.10. The van der Waals surface area contributed by atoms with E-state index < -0.39 is 6.09 Å². The van der Waals surface area contributed by atoms with Gasteiger partial charge in [0.15, 0.2) is 0 Å². The molecule has 0 aliphatic rings. The van der Waals surface area contributed by atoms with Gasteiger partial charge in [-0.25, -0.2) is 4.79 Å². The highest BCUT2D eigenvalue weighted by Gasteiger charge is 2.11. The normalized spacial score (nSPS) is 10.1. The number of ether oxygens (including phenoxy) is 1. The fourth-order valence-corrected chi connectivity index (χ4v) is 2.14. The zero-order valence-corrected chi connectivity index (χ0v) is 11.4. The van der Waals surface area contributed by atoms with E-state index in [2.05, 4.69) is 6.07 Å². The molecule has 0 spiro atoms. The second-order valence-electron chi connectivity index (χ2n) is 4.37. The van der Waals surface area contributed by atoms with Crippen LogP contribution in [-0.2, 0) is 13.5 Å². The molecule has 1 heterocycles. The number of carbonyl (C=O) groups is 1. The van der Waals surface area contributed by atoms with Crippen molar-refractivity contribution in [3.8, 4) is 23.1 Å². The van der Waals surface area contributed by atoms with Gasteiger partial charge in [-0.2, -0.15) is 5.26 Å². The molecular formula is C15H15N3O2. The first-order chi connectivity index (χ1) is 9.56. The summed E-state index contributed by atoms with van der Waals surface area (Å²) in [6.07, 6.45) is -0.107. The van der Waals surface area contributed by atoms with Crippen LogP contribution in [0.5, 0.6) is 5.75 Å². The van der Waals surface area contributed by atoms with E-state index >= 15 is 0 Å². The average Bonchev–Trinajstić information content (AvgIpc) is 2.79. The lowest BCUT2D eigenvalue weighted by molar-refractivity contribution is 0.210. The molecule has 0 aliphatic heterocycles. The Morgan fingerprint density at radius 3 is 2.70 bits per heavy atom. The van der Waals surface area contributed by atoms with Gasteiger partial charge in [-0.05, 0) is 47.9 Å². The number of rotatable bonds is 3. The highest BCUT2D eigenvalue weighted by atomic mass is 16.5. The van der Waals surface area contributed by atoms with E-state index in [1.165, 1.54) is 0 Å². The first kappa shape index (κ1) is 13.7. The molecule has 20 heavy (non-hydrogen) atoms. The molecule has 0 aliphatic carbocycles. The van der Waals surface area contributed by atoms with Crippen LogP contribution in [0, 0.1) is 11.3 Å². The minimum Gasteiger partial charge on any atom is -0.410 e. The quantitative estimate of drug-likeness (QED) is 0.929. The average molecular weight is 269 g/mol. The Bertz CT molecular complexity index is 696. The third-order valence-electron chi connectivity index (χ3n) is 3.18. The van der Waals surface area contributed by atoms with Crippen LogP contribution in [-0.4, -0.2) is 10.7 Å². The molecule has 5 nitrogen and oxygen atoms in total. The zero-order valence-electron chi connectivity index (χ0n) is 11.4. The summed E-state index contributed by atoms with van der Waals surface area (Å²) in [7, 11) is 1.84. The molecule has 102 valence electrons. The molecule has 5 heteroatoms. The summed E-state index contributed by atoms with van der Waals surface area (Å²) < 4.78 is 6.79. The van der Waals surface area contributed by atoms with E-state index in [4.69, 9.17) is 15.7 Å². The molecule has 0 fully saturated rings. The number of carbonyl (C=O) groups excluding carboxylic acids is 1. The van der Waals surface area contributed by atoms with Crippen molar-refractivity contribution in [3.05, 3.63) is 41.6 Å². The predicted molar refractivity (Wildman–Crippen MR) is 75.2 cm³/mol. The molecule has 0 saturated carbocycles. The molecule has 2 aromatic rings. The molecule has 0 atom stereocenters. The third kappa shape index (κ3) is 2.50. The lowest BCUT2D eigenvalue weighted by Crippen LogP contribution is -2.17. The Hall–Kier alpha value is -2.74. The van der Waals surface area contributed by atoms with Gasteiger partial charge in [0.1, 0.15) is 17.5 Å². The van der Waals surface area contributed by atoms with Gasteiger partial charge in [-0.3, -0.25) is 0 Å². The SMILES string of the molecule is CCc1cc(-c2ccc(C#N)n2C)ccc1OC(N)=O. The van der Waals surface area contributed by atoms with Gasteiger partial charge >= 0.3 is 6.09 Å². The topological polar surface area (TPSA) is 81.0 Å². The number of benzene rings is 1. The van der Waals surface area contributed by atoms with Gasteiger partial charge in [0.05, 0.1) is 0 Å². The van der Waals surface area contributed by atoms with Crippen LogP contribution in [0.2, 0.25) is 0 Å². The minimum absolute atomic E-state index is 0.471. The minimum atomic E-state index is -0.821. The van der Waals surface area contributed by atoms with Crippen molar-refractivity contribution in [3.63, 3.8) is 0 Å². The number of hydrogen-bond acceptors (Lipinski definition) is 3. The number of primary amides is 1. The van der Waals surface area contributed by atoms with Crippen molar-refractivity contribution >= 4 is 6.09 Å². The summed E-state index contributed by atoms with van der Waals surface area (Å²) in [5.41, 5.74) is 8.42. The summed E-state index contributed by atoms with van der Waals surface area (Å²) in [6.45, 7) is 1.97. The van der Waals surface area contributed by atoms with Gasteiger partial charge in [-0.1, -0.05) is 6.92 Å². The Morgan fingerprint density at radius 2 is 2.15 bits per heavy atom. The van der Waals surface area contributed by atoms with Crippen LogP contribution in [0.1, 0.15) is 18.2 Å². The van der Waals surface area contributed by atoms with Crippen molar-refractivity contribution in [1.29, 1.82) is 5.26 Å². The number of nitrogens with two attached hydrogens (primary N) is 1. The second-order valence-corrected chi connectivity index (χ2v) is 4.37. The Morgan fingerprint density at radius 1 is 1.40 bits per heavy atom. The van der Waals surface area contributed by atoms with Gasteiger partial charge in [0, 0.05) is 12.7 Å². The molecule has 2 N–H and O–H groups in total. The fourth-order valence-electron chi connectivity index (χ4n) is 2.14. The number of nitrogens with zero attached hydrogens (tertiary/aromatic N) is 2. The van der Waals surface area contributed by atoms with E-state index in [0.29, 0.717) is 17.9 Å². The fraction of sp³-hybridized carbons (Fsp3) is 0.200. The standard InChI is InChI=1S/C15H15N3O2/c1-3-10-8-11(4-7-14(10)20-15(17)19)13-6-5-12(9-16)18(13)2/h4-8H,3H2,1-2H3,(H2,17,19). The molecule has 1 aromatic heterocycles. The smallest absolute Gasteiger partial charge is 0.409 e. The molecule has 0 unspecified atom stereocenters. The van der Waals surface area contributed by atoms with E-state index in [1.807, 2.05) is 36.7 Å². The van der Waals surface area contributed by atoms with Crippen molar-refractivity contribution in [2.24, 2.45) is 12.8 Å². The van der Waals surface area contributed by atoms with Gasteiger partial charge in [0.25, 0.3) is 0 Å². The summed E-state index contributed by atoms with van der Waals surface area (Å²) >= 11 is 0. The van der Waals surface area contributed by atoms with Crippen LogP contribution in [0.15, 0.2) is 30.3 Å². The number of hydrogen-bond donors (Lipinski definition) is 1. The molecule has 0 bridgehead atoms. The highest BCUT2D eigenvalue weighted by molar-refractivity contribution is 5.70. The van der Waals surface area contributed by atoms with Crippen LogP contribution in [0.3, 0.4) is 0 Å². The monoisotopic (exact) mass is 269 g/mol. The largest absolute Gasteiger partial charge is 0.410 e. The maximum absolute atomic E-state index is 10.8. The molecule has 2 rings (SSSR count). The van der Waals surface area contributed by atoms with E-state index in [-0.39, 0.29) is 0 Å². The van der Waals surface area contributed by atoms with Crippen molar-refractivity contribution in [1.82, 2.24) is 4.57 Å². The van der Waals surface area contributed by atoms with Crippen molar-refractivity contribution < 1.29 is 9.53 Å². The highest BCUT2D eigenvalue weighted by Crippen LogP contribution is 2.28. The van der Waals surface area contributed by atoms with E-state index in [9.17, 15) is 4.79 Å². The summed E-state index contributed by atoms with van der Waals surface area (Å²) in [5.74, 6) is 0.471. The maximum atomic E-state index is 10.8. The Balaban J connectivity index is 2.46. The van der Waals surface area contributed by atoms with E-state index in [1.54, 1.807) is 12.1 Å². The van der Waals surface area contributed by atoms with Crippen LogP contribution >= 0.6 is 0 Å². The van der Waals surface area contributed by atoms with Gasteiger partial charge < -0.3 is 15.0 Å². The zero-order chi connectivity index (χ0) is 14.7. The first-order valence-corrected chi connectivity index (χ1v) is 6.23. The van der Waals surface area contributed by atoms with Gasteiger partial charge in [-0.15, -0.1) is 0 Å². The van der Waals surface area contributed by atoms with Crippen molar-refractivity contribution in [2.45, 2.75) is 13.3 Å². The Labute approximate surface area is 117 Å². The van der Waals surface area contributed by atoms with Gasteiger partial charge in [0.2, 0.25) is 0 Å². The second kappa shape index (κ2) is 5.49. The molecule has 0 radical (unpaired) electrons. The lowest BCUT2D eigenvalue weighted by atomic mass is 10.1. The number of aryl methyl sites for hydroxylation is 1. The summed E-state index contributed by atoms with van der Waals surface area (Å²) in [5, 5.41) is 8.98. The van der Waals surface area contributed by atoms with E-state index in [0.717, 1.165) is 16.8 Å². The van der Waals surface area contributed by atoms with Crippen LogP contribution in [0.4, 0.5) is 4.79 Å². The number of amides is 1. The van der Waals surface area contributed by atoms with Crippen LogP contribution in [0.25, 0.3) is 11.3 Å². The molecule has 0 saturated heterocycles. The molecule has 1 amide bonds. The maximum Gasteiger partial charge on any atom is 0.409 e. The summed E-state index contributed by atoms with van der Waals surface area (Å²) in [6, 6.07) is 11.3.